The first kappa shape index (κ1) is 32.1. The molecular weight excluding hydrogens is 605 g/mol. The number of nitrogens with zero attached hydrogens (tertiary/aromatic N) is 2. The van der Waals surface area contributed by atoms with Crippen molar-refractivity contribution in [2.75, 3.05) is 17.4 Å². The van der Waals surface area contributed by atoms with E-state index in [-0.39, 0.29) is 23.8 Å². The predicted molar refractivity (Wildman–Crippen MR) is 172 cm³/mol. The molecule has 224 valence electrons. The topological polar surface area (TPSA) is 86.8 Å². The summed E-state index contributed by atoms with van der Waals surface area (Å²) in [5.74, 6) is -0.914. The molecule has 0 radical (unpaired) electrons. The molecule has 43 heavy (non-hydrogen) atoms. The molecule has 0 aliphatic heterocycles. The maximum atomic E-state index is 14.4. The summed E-state index contributed by atoms with van der Waals surface area (Å²) in [5.41, 5.74) is 2.49. The van der Waals surface area contributed by atoms with Crippen molar-refractivity contribution < 1.29 is 18.0 Å². The van der Waals surface area contributed by atoms with E-state index in [1.165, 1.54) is 29.2 Å². The Balaban J connectivity index is 1.81. The van der Waals surface area contributed by atoms with Crippen LogP contribution in [0.3, 0.4) is 0 Å². The molecule has 0 heterocycles. The van der Waals surface area contributed by atoms with E-state index in [2.05, 4.69) is 5.32 Å². The van der Waals surface area contributed by atoms with Crippen LogP contribution in [-0.4, -0.2) is 44.3 Å². The first-order valence-electron chi connectivity index (χ1n) is 13.8. The number of rotatable bonds is 12. The Kier molecular flexibility index (Phi) is 10.9. The van der Waals surface area contributed by atoms with E-state index in [1.54, 1.807) is 62.4 Å². The van der Waals surface area contributed by atoms with Crippen molar-refractivity contribution in [1.82, 2.24) is 10.2 Å². The normalized spacial score (nSPS) is 11.9. The molecule has 0 aliphatic carbocycles. The molecule has 1 unspecified atom stereocenters. The molecule has 0 bridgehead atoms. The van der Waals surface area contributed by atoms with Crippen molar-refractivity contribution >= 4 is 50.7 Å². The fourth-order valence-corrected chi connectivity index (χ4v) is 6.55. The molecular formula is C33H33Cl2N3O4S. The third-order valence-corrected chi connectivity index (χ3v) is 9.38. The minimum atomic E-state index is -4.22. The van der Waals surface area contributed by atoms with Gasteiger partial charge in [-0.25, -0.2) is 8.42 Å². The van der Waals surface area contributed by atoms with Crippen molar-refractivity contribution in [2.24, 2.45) is 0 Å². The largest absolute Gasteiger partial charge is 0.355 e. The van der Waals surface area contributed by atoms with E-state index in [0.29, 0.717) is 33.4 Å². The number of anilines is 1. The highest BCUT2D eigenvalue weighted by Crippen LogP contribution is 2.29. The summed E-state index contributed by atoms with van der Waals surface area (Å²) in [5, 5.41) is 3.66. The smallest absolute Gasteiger partial charge is 0.264 e. The molecule has 10 heteroatoms. The lowest BCUT2D eigenvalue weighted by Gasteiger charge is -2.34. The highest BCUT2D eigenvalue weighted by molar-refractivity contribution is 7.92. The fraction of sp³-hybridized carbons (Fsp3) is 0.212. The van der Waals surface area contributed by atoms with Crippen molar-refractivity contribution in [3.63, 3.8) is 0 Å². The summed E-state index contributed by atoms with van der Waals surface area (Å²) in [7, 11) is -4.22. The molecule has 0 saturated carbocycles. The molecule has 7 nitrogen and oxygen atoms in total. The molecule has 0 saturated heterocycles. The summed E-state index contributed by atoms with van der Waals surface area (Å²) < 4.78 is 29.2. The number of aryl methyl sites for hydroxylation is 1. The molecule has 1 N–H and O–H groups in total. The van der Waals surface area contributed by atoms with Crippen LogP contribution in [0.4, 0.5) is 5.69 Å². The van der Waals surface area contributed by atoms with Gasteiger partial charge < -0.3 is 10.2 Å². The minimum Gasteiger partial charge on any atom is -0.355 e. The van der Waals surface area contributed by atoms with Crippen LogP contribution in [0.1, 0.15) is 23.6 Å². The first-order valence-corrected chi connectivity index (χ1v) is 16.0. The molecule has 0 fully saturated rings. The van der Waals surface area contributed by atoms with Crippen LogP contribution in [0, 0.1) is 6.92 Å². The second-order valence-corrected chi connectivity index (χ2v) is 12.7. The highest BCUT2D eigenvalue weighted by Gasteiger charge is 2.35. The number of carbonyl (C=O) groups is 2. The second kappa shape index (κ2) is 14.6. The van der Waals surface area contributed by atoms with Gasteiger partial charge in [0.2, 0.25) is 11.8 Å². The van der Waals surface area contributed by atoms with Crippen LogP contribution in [-0.2, 0) is 32.6 Å². The van der Waals surface area contributed by atoms with Gasteiger partial charge >= 0.3 is 0 Å². The summed E-state index contributed by atoms with van der Waals surface area (Å²) in [6.45, 7) is 3.38. The molecule has 0 aliphatic rings. The lowest BCUT2D eigenvalue weighted by molar-refractivity contribution is -0.140. The number of amides is 2. The van der Waals surface area contributed by atoms with Gasteiger partial charge in [0.1, 0.15) is 12.6 Å². The van der Waals surface area contributed by atoms with E-state index in [1.807, 2.05) is 30.3 Å². The lowest BCUT2D eigenvalue weighted by atomic mass is 10.0. The Morgan fingerprint density at radius 3 is 2.12 bits per heavy atom. The van der Waals surface area contributed by atoms with Crippen LogP contribution in [0.5, 0.6) is 0 Å². The first-order chi connectivity index (χ1) is 20.6. The van der Waals surface area contributed by atoms with Gasteiger partial charge in [-0.15, -0.1) is 0 Å². The van der Waals surface area contributed by atoms with Crippen LogP contribution in [0.15, 0.2) is 108 Å². The van der Waals surface area contributed by atoms with Gasteiger partial charge in [0, 0.05) is 29.6 Å². The number of nitrogens with one attached hydrogen (secondary N) is 1. The molecule has 0 spiro atoms. The highest BCUT2D eigenvalue weighted by atomic mass is 35.5. The fourth-order valence-electron chi connectivity index (χ4n) is 4.75. The number of likely N-dealkylation sites (N-methyl/N-ethyl adjacent to an activating group) is 1. The maximum Gasteiger partial charge on any atom is 0.264 e. The molecule has 1 atom stereocenters. The van der Waals surface area contributed by atoms with Gasteiger partial charge in [-0.2, -0.15) is 0 Å². The molecule has 4 aromatic carbocycles. The quantitative estimate of drug-likeness (QED) is 0.198. The zero-order valence-electron chi connectivity index (χ0n) is 23.9. The number of carbonyl (C=O) groups excluding carboxylic acids is 2. The second-order valence-electron chi connectivity index (χ2n) is 9.97. The molecule has 4 rings (SSSR count). The standard InChI is InChI=1S/C33H33Cl2N3O4S/c1-3-36-33(40)31(21-25-12-5-4-6-13-25)37(22-26-14-8-9-15-29(26)35)32(39)23-38(30-16-10-7-11-24(30)2)43(41,42)28-19-17-27(34)18-20-28/h4-20,31H,3,21-23H2,1-2H3,(H,36,40). The Morgan fingerprint density at radius 2 is 1.47 bits per heavy atom. The molecule has 4 aromatic rings. The average Bonchev–Trinajstić information content (AvgIpc) is 2.99. The summed E-state index contributed by atoms with van der Waals surface area (Å²) in [4.78, 5) is 29.3. The van der Waals surface area contributed by atoms with E-state index >= 15 is 0 Å². The van der Waals surface area contributed by atoms with Crippen molar-refractivity contribution in [2.45, 2.75) is 37.8 Å². The number of para-hydroxylation sites is 1. The van der Waals surface area contributed by atoms with Crippen LogP contribution in [0.25, 0.3) is 0 Å². The maximum absolute atomic E-state index is 14.4. The van der Waals surface area contributed by atoms with Crippen molar-refractivity contribution in [3.05, 3.63) is 130 Å². The van der Waals surface area contributed by atoms with E-state index in [9.17, 15) is 18.0 Å². The number of sulfonamides is 1. The molecule has 0 aromatic heterocycles. The monoisotopic (exact) mass is 637 g/mol. The van der Waals surface area contributed by atoms with Gasteiger partial charge in [-0.1, -0.05) is 89.9 Å². The Hall–Kier alpha value is -3.85. The summed E-state index contributed by atoms with van der Waals surface area (Å²) in [6.07, 6.45) is 0.219. The summed E-state index contributed by atoms with van der Waals surface area (Å²) in [6, 6.07) is 28.2. The Morgan fingerprint density at radius 1 is 0.837 bits per heavy atom. The van der Waals surface area contributed by atoms with E-state index < -0.39 is 28.5 Å². The molecule has 2 amide bonds. The lowest BCUT2D eigenvalue weighted by Crippen LogP contribution is -2.53. The van der Waals surface area contributed by atoms with Gasteiger partial charge in [0.05, 0.1) is 10.6 Å². The Labute approximate surface area is 263 Å². The van der Waals surface area contributed by atoms with Crippen molar-refractivity contribution in [3.8, 4) is 0 Å². The van der Waals surface area contributed by atoms with Gasteiger partial charge in [0.15, 0.2) is 0 Å². The van der Waals surface area contributed by atoms with Gasteiger partial charge in [-0.05, 0) is 66.9 Å². The minimum absolute atomic E-state index is 0.00422. The number of halogens is 2. The van der Waals surface area contributed by atoms with Crippen molar-refractivity contribution in [1.29, 1.82) is 0 Å². The SMILES string of the molecule is CCNC(=O)C(Cc1ccccc1)N(Cc1ccccc1Cl)C(=O)CN(c1ccccc1C)S(=O)(=O)c1ccc(Cl)cc1. The number of hydrogen-bond donors (Lipinski definition) is 1. The van der Waals surface area contributed by atoms with E-state index in [4.69, 9.17) is 23.2 Å². The third kappa shape index (κ3) is 7.96. The number of hydrogen-bond acceptors (Lipinski definition) is 4. The zero-order chi connectivity index (χ0) is 31.0. The van der Waals surface area contributed by atoms with Crippen LogP contribution in [0.2, 0.25) is 10.0 Å². The van der Waals surface area contributed by atoms with Crippen LogP contribution < -0.4 is 9.62 Å². The average molecular weight is 639 g/mol. The van der Waals surface area contributed by atoms with Crippen LogP contribution >= 0.6 is 23.2 Å². The van der Waals surface area contributed by atoms with Gasteiger partial charge in [-0.3, -0.25) is 13.9 Å². The van der Waals surface area contributed by atoms with Gasteiger partial charge in [0.25, 0.3) is 10.0 Å². The summed E-state index contributed by atoms with van der Waals surface area (Å²) >= 11 is 12.5. The Bertz CT molecular complexity index is 1670. The number of benzene rings is 4. The zero-order valence-corrected chi connectivity index (χ0v) is 26.2. The third-order valence-electron chi connectivity index (χ3n) is 6.99. The predicted octanol–water partition coefficient (Wildman–Crippen LogP) is 6.27. The van der Waals surface area contributed by atoms with E-state index in [0.717, 1.165) is 9.87 Å².